The maximum absolute atomic E-state index is 13.5. The van der Waals surface area contributed by atoms with E-state index in [0.717, 1.165) is 5.39 Å². The Bertz CT molecular complexity index is 1670. The molecule has 0 aliphatic carbocycles. The van der Waals surface area contributed by atoms with Crippen LogP contribution >= 0.6 is 23.2 Å². The highest BCUT2D eigenvalue weighted by molar-refractivity contribution is 6.32. The van der Waals surface area contributed by atoms with Crippen LogP contribution in [0.25, 0.3) is 33.5 Å². The number of halogens is 2. The van der Waals surface area contributed by atoms with Crippen LogP contribution in [0.4, 0.5) is 0 Å². The summed E-state index contributed by atoms with van der Waals surface area (Å²) in [6.07, 6.45) is 1.52. The van der Waals surface area contributed by atoms with E-state index in [1.165, 1.54) is 10.9 Å². The van der Waals surface area contributed by atoms with Crippen LogP contribution in [-0.2, 0) is 0 Å². The third-order valence-electron chi connectivity index (χ3n) is 5.40. The van der Waals surface area contributed by atoms with Crippen LogP contribution in [0, 0.1) is 0 Å². The van der Waals surface area contributed by atoms with E-state index in [2.05, 4.69) is 5.10 Å². The van der Waals surface area contributed by atoms with Crippen LogP contribution in [0.5, 0.6) is 11.5 Å². The van der Waals surface area contributed by atoms with Gasteiger partial charge in [-0.25, -0.2) is 4.98 Å². The van der Waals surface area contributed by atoms with Crippen molar-refractivity contribution in [1.29, 1.82) is 0 Å². The zero-order chi connectivity index (χ0) is 25.2. The lowest BCUT2D eigenvalue weighted by molar-refractivity contribution is 0.288. The summed E-state index contributed by atoms with van der Waals surface area (Å²) in [4.78, 5) is 18.2. The van der Waals surface area contributed by atoms with Crippen LogP contribution in [0.15, 0.2) is 75.0 Å². The number of nitrogens with zero attached hydrogens (tertiary/aromatic N) is 3. The number of furan rings is 1. The van der Waals surface area contributed by atoms with E-state index in [1.54, 1.807) is 54.6 Å². The van der Waals surface area contributed by atoms with Crippen LogP contribution in [0.3, 0.4) is 0 Å². The van der Waals surface area contributed by atoms with Crippen molar-refractivity contribution in [3.8, 4) is 23.1 Å². The van der Waals surface area contributed by atoms with Crippen molar-refractivity contribution in [2.24, 2.45) is 5.10 Å². The Kier molecular flexibility index (Phi) is 6.67. The van der Waals surface area contributed by atoms with E-state index in [1.807, 2.05) is 19.9 Å². The Morgan fingerprint density at radius 2 is 1.83 bits per heavy atom. The molecule has 3 aromatic carbocycles. The molecule has 0 aliphatic rings. The molecule has 0 spiro atoms. The number of para-hydroxylation sites is 1. The number of fused-ring (bicyclic) bond motifs is 2. The van der Waals surface area contributed by atoms with Crippen molar-refractivity contribution in [2.45, 2.75) is 13.8 Å². The number of hydrogen-bond acceptors (Lipinski definition) is 6. The van der Waals surface area contributed by atoms with Crippen LogP contribution < -0.4 is 15.0 Å². The summed E-state index contributed by atoms with van der Waals surface area (Å²) in [6, 6.07) is 17.6. The summed E-state index contributed by atoms with van der Waals surface area (Å²) in [5.41, 5.74) is 1.43. The summed E-state index contributed by atoms with van der Waals surface area (Å²) in [6.45, 7) is 4.62. The molecule has 0 amide bonds. The Morgan fingerprint density at radius 3 is 2.64 bits per heavy atom. The Labute approximate surface area is 216 Å². The molecule has 0 bridgehead atoms. The van der Waals surface area contributed by atoms with Gasteiger partial charge in [-0.1, -0.05) is 35.3 Å². The predicted octanol–water partition coefficient (Wildman–Crippen LogP) is 6.80. The van der Waals surface area contributed by atoms with E-state index in [0.29, 0.717) is 62.6 Å². The molecule has 0 aliphatic heterocycles. The molecule has 2 aromatic heterocycles. The van der Waals surface area contributed by atoms with Gasteiger partial charge >= 0.3 is 0 Å². The van der Waals surface area contributed by atoms with Crippen LogP contribution in [0.1, 0.15) is 19.4 Å². The van der Waals surface area contributed by atoms with Gasteiger partial charge in [0.15, 0.2) is 17.3 Å². The molecule has 7 nitrogen and oxygen atoms in total. The number of hydrogen-bond donors (Lipinski definition) is 0. The quantitative estimate of drug-likeness (QED) is 0.220. The summed E-state index contributed by atoms with van der Waals surface area (Å²) in [5.74, 6) is 1.59. The predicted molar refractivity (Wildman–Crippen MR) is 143 cm³/mol. The topological polar surface area (TPSA) is 78.9 Å². The van der Waals surface area contributed by atoms with Gasteiger partial charge in [0.25, 0.3) is 5.56 Å². The molecule has 2 heterocycles. The van der Waals surface area contributed by atoms with Gasteiger partial charge in [-0.05, 0) is 67.9 Å². The van der Waals surface area contributed by atoms with Crippen molar-refractivity contribution in [3.63, 3.8) is 0 Å². The zero-order valence-electron chi connectivity index (χ0n) is 19.5. The highest BCUT2D eigenvalue weighted by atomic mass is 35.5. The molecule has 5 rings (SSSR count). The van der Waals surface area contributed by atoms with Crippen LogP contribution in [-0.4, -0.2) is 29.1 Å². The summed E-state index contributed by atoms with van der Waals surface area (Å²) in [7, 11) is 0. The first-order chi connectivity index (χ1) is 17.5. The van der Waals surface area contributed by atoms with E-state index in [4.69, 9.17) is 42.1 Å². The second kappa shape index (κ2) is 10.0. The van der Waals surface area contributed by atoms with Gasteiger partial charge in [0.2, 0.25) is 5.82 Å². The lowest BCUT2D eigenvalue weighted by Crippen LogP contribution is -2.20. The Hall–Kier alpha value is -3.81. The molecule has 0 unspecified atom stereocenters. The van der Waals surface area contributed by atoms with Gasteiger partial charge < -0.3 is 13.9 Å². The van der Waals surface area contributed by atoms with Crippen molar-refractivity contribution >= 4 is 51.3 Å². The Morgan fingerprint density at radius 1 is 1.03 bits per heavy atom. The van der Waals surface area contributed by atoms with Gasteiger partial charge in [-0.15, -0.1) is 0 Å². The minimum absolute atomic E-state index is 0.254. The second-order valence-corrected chi connectivity index (χ2v) is 8.65. The average Bonchev–Trinajstić information content (AvgIpc) is 3.28. The minimum Gasteiger partial charge on any atom is -0.490 e. The number of rotatable bonds is 7. The fraction of sp³-hybridized carbons (Fsp3) is 0.148. The van der Waals surface area contributed by atoms with E-state index < -0.39 is 0 Å². The highest BCUT2D eigenvalue weighted by Crippen LogP contribution is 2.36. The number of benzene rings is 3. The molecule has 0 atom stereocenters. The lowest BCUT2D eigenvalue weighted by atomic mass is 10.2. The molecule has 5 aromatic rings. The Balaban J connectivity index is 1.67. The molecular formula is C27H21Cl2N3O4. The monoisotopic (exact) mass is 521 g/mol. The maximum Gasteiger partial charge on any atom is 0.282 e. The van der Waals surface area contributed by atoms with Crippen molar-refractivity contribution in [3.05, 3.63) is 86.6 Å². The number of aromatic nitrogens is 2. The van der Waals surface area contributed by atoms with Gasteiger partial charge in [-0.2, -0.15) is 9.78 Å². The molecular weight excluding hydrogens is 501 g/mol. The maximum atomic E-state index is 13.5. The molecule has 9 heteroatoms. The highest BCUT2D eigenvalue weighted by Gasteiger charge is 2.17. The van der Waals surface area contributed by atoms with Gasteiger partial charge in [0, 0.05) is 10.4 Å². The summed E-state index contributed by atoms with van der Waals surface area (Å²) in [5, 5.41) is 6.65. The van der Waals surface area contributed by atoms with Gasteiger partial charge in [0.05, 0.1) is 35.4 Å². The standard InChI is InChI=1S/C27H21Cl2N3O4/c1-3-34-23-12-16(11-20(29)25(23)35-4-2)15-30-32-26(31-21-8-6-5-7-19(21)27(32)33)24-14-17-13-18(28)9-10-22(17)36-24/h5-15H,3-4H2,1-2H3. The molecule has 0 radical (unpaired) electrons. The summed E-state index contributed by atoms with van der Waals surface area (Å²) < 4.78 is 18.6. The first-order valence-electron chi connectivity index (χ1n) is 11.3. The van der Waals surface area contributed by atoms with Crippen molar-refractivity contribution in [1.82, 2.24) is 9.66 Å². The van der Waals surface area contributed by atoms with Crippen LogP contribution in [0.2, 0.25) is 10.0 Å². The molecule has 0 fully saturated rings. The molecule has 0 saturated heterocycles. The normalized spacial score (nSPS) is 11.6. The SMILES string of the molecule is CCOc1cc(C=Nn2c(-c3cc4cc(Cl)ccc4o3)nc3ccccc3c2=O)cc(Cl)c1OCC. The largest absolute Gasteiger partial charge is 0.490 e. The minimum atomic E-state index is -0.340. The van der Waals surface area contributed by atoms with Crippen molar-refractivity contribution < 1.29 is 13.9 Å². The first-order valence-corrected chi connectivity index (χ1v) is 12.1. The molecule has 0 N–H and O–H groups in total. The smallest absolute Gasteiger partial charge is 0.282 e. The zero-order valence-corrected chi connectivity index (χ0v) is 21.0. The lowest BCUT2D eigenvalue weighted by Gasteiger charge is -2.13. The fourth-order valence-electron chi connectivity index (χ4n) is 3.85. The van der Waals surface area contributed by atoms with E-state index in [-0.39, 0.29) is 11.4 Å². The third kappa shape index (κ3) is 4.55. The van der Waals surface area contributed by atoms with E-state index in [9.17, 15) is 4.79 Å². The van der Waals surface area contributed by atoms with Gasteiger partial charge in [0.1, 0.15) is 5.58 Å². The fourth-order valence-corrected chi connectivity index (χ4v) is 4.30. The van der Waals surface area contributed by atoms with E-state index >= 15 is 0 Å². The molecule has 182 valence electrons. The molecule has 36 heavy (non-hydrogen) atoms. The summed E-state index contributed by atoms with van der Waals surface area (Å²) >= 11 is 12.6. The first kappa shape index (κ1) is 23.9. The number of ether oxygens (including phenoxy) is 2. The third-order valence-corrected chi connectivity index (χ3v) is 5.91. The average molecular weight is 522 g/mol. The second-order valence-electron chi connectivity index (χ2n) is 7.80. The molecule has 0 saturated carbocycles. The van der Waals surface area contributed by atoms with Crippen molar-refractivity contribution in [2.75, 3.05) is 13.2 Å². The van der Waals surface area contributed by atoms with Gasteiger partial charge in [-0.3, -0.25) is 4.79 Å².